The van der Waals surface area contributed by atoms with Gasteiger partial charge in [0.25, 0.3) is 0 Å². The highest BCUT2D eigenvalue weighted by molar-refractivity contribution is 14.1. The molecular formula is C11H9IN4O3S. The quantitative estimate of drug-likeness (QED) is 0.746. The van der Waals surface area contributed by atoms with E-state index in [2.05, 4.69) is 15.4 Å². The molecule has 2 aromatic heterocycles. The zero-order chi connectivity index (χ0) is 14.4. The zero-order valence-corrected chi connectivity index (χ0v) is 13.3. The fraction of sp³-hybridized carbons (Fsp3) is 0.273. The molecule has 0 fully saturated rings. The molecule has 2 N–H and O–H groups in total. The van der Waals surface area contributed by atoms with E-state index in [-0.39, 0.29) is 11.6 Å². The molecule has 0 radical (unpaired) electrons. The minimum atomic E-state index is -1.02. The van der Waals surface area contributed by atoms with Crippen LogP contribution in [-0.4, -0.2) is 30.0 Å². The standard InChI is InChI=1S/C11H9IN4O3S/c1-4(17)13-11-14-6-3-2-5-7(10(18)19)15-16(12)8(5)9(6)20-11/h2-3H2,1H3,(H,18,19)(H,13,14,17). The molecule has 1 amide bonds. The predicted octanol–water partition coefficient (Wildman–Crippen LogP) is 1.96. The van der Waals surface area contributed by atoms with E-state index in [4.69, 9.17) is 0 Å². The van der Waals surface area contributed by atoms with E-state index >= 15 is 0 Å². The summed E-state index contributed by atoms with van der Waals surface area (Å²) in [7, 11) is 0. The molecule has 0 saturated heterocycles. The van der Waals surface area contributed by atoms with Gasteiger partial charge in [0.15, 0.2) is 10.8 Å². The van der Waals surface area contributed by atoms with Crippen molar-refractivity contribution in [1.29, 1.82) is 0 Å². The van der Waals surface area contributed by atoms with E-state index in [1.807, 2.05) is 22.9 Å². The van der Waals surface area contributed by atoms with Gasteiger partial charge in [-0.1, -0.05) is 11.3 Å². The van der Waals surface area contributed by atoms with Gasteiger partial charge in [-0.3, -0.25) is 4.79 Å². The number of anilines is 1. The Labute approximate surface area is 131 Å². The first-order valence-corrected chi connectivity index (χ1v) is 7.54. The Balaban J connectivity index is 2.13. The molecule has 1 aliphatic rings. The smallest absolute Gasteiger partial charge is 0.356 e. The molecule has 0 saturated carbocycles. The van der Waals surface area contributed by atoms with Gasteiger partial charge < -0.3 is 10.4 Å². The maximum absolute atomic E-state index is 11.2. The number of nitrogens with zero attached hydrogens (tertiary/aromatic N) is 3. The minimum Gasteiger partial charge on any atom is -0.476 e. The monoisotopic (exact) mass is 404 g/mol. The van der Waals surface area contributed by atoms with E-state index in [1.165, 1.54) is 18.3 Å². The van der Waals surface area contributed by atoms with E-state index < -0.39 is 5.97 Å². The molecule has 0 bridgehead atoms. The van der Waals surface area contributed by atoms with E-state index in [0.717, 1.165) is 21.8 Å². The number of amides is 1. The van der Waals surface area contributed by atoms with Crippen molar-refractivity contribution in [1.82, 2.24) is 13.0 Å². The zero-order valence-electron chi connectivity index (χ0n) is 10.3. The van der Waals surface area contributed by atoms with Gasteiger partial charge in [0, 0.05) is 12.5 Å². The highest BCUT2D eigenvalue weighted by Gasteiger charge is 2.30. The van der Waals surface area contributed by atoms with Crippen LogP contribution >= 0.6 is 34.2 Å². The number of aromatic carboxylic acids is 1. The number of fused-ring (bicyclic) bond motifs is 3. The molecule has 1 aliphatic carbocycles. The lowest BCUT2D eigenvalue weighted by atomic mass is 9.98. The van der Waals surface area contributed by atoms with Crippen LogP contribution < -0.4 is 5.32 Å². The number of carboxylic acid groups (broad SMARTS) is 1. The highest BCUT2D eigenvalue weighted by atomic mass is 127. The van der Waals surface area contributed by atoms with Gasteiger partial charge in [-0.2, -0.15) is 5.10 Å². The number of aromatic nitrogens is 3. The third-order valence-corrected chi connectivity index (χ3v) is 4.67. The minimum absolute atomic E-state index is 0.0922. The number of aryl methyl sites for hydroxylation is 1. The first-order valence-electron chi connectivity index (χ1n) is 5.76. The van der Waals surface area contributed by atoms with Crippen LogP contribution in [0.1, 0.15) is 28.7 Å². The van der Waals surface area contributed by atoms with Crippen LogP contribution in [0.2, 0.25) is 0 Å². The number of halogens is 1. The first-order chi connectivity index (χ1) is 9.47. The summed E-state index contributed by atoms with van der Waals surface area (Å²) in [4.78, 5) is 27.6. The van der Waals surface area contributed by atoms with Gasteiger partial charge >= 0.3 is 5.97 Å². The number of hydrogen-bond acceptors (Lipinski definition) is 5. The van der Waals surface area contributed by atoms with Crippen molar-refractivity contribution < 1.29 is 14.7 Å². The fourth-order valence-electron chi connectivity index (χ4n) is 2.20. The number of rotatable bonds is 2. The maximum Gasteiger partial charge on any atom is 0.356 e. The van der Waals surface area contributed by atoms with Crippen molar-refractivity contribution in [2.45, 2.75) is 19.8 Å². The molecule has 0 atom stereocenters. The Bertz CT molecular complexity index is 736. The number of hydrogen-bond donors (Lipinski definition) is 2. The molecule has 0 aliphatic heterocycles. The molecule has 3 rings (SSSR count). The largest absolute Gasteiger partial charge is 0.476 e. The Morgan fingerprint density at radius 1 is 1.45 bits per heavy atom. The van der Waals surface area contributed by atoms with E-state index in [9.17, 15) is 14.7 Å². The Morgan fingerprint density at radius 2 is 2.20 bits per heavy atom. The van der Waals surface area contributed by atoms with E-state index in [1.54, 1.807) is 2.90 Å². The predicted molar refractivity (Wildman–Crippen MR) is 81.4 cm³/mol. The van der Waals surface area contributed by atoms with Gasteiger partial charge in [0.1, 0.15) is 0 Å². The van der Waals surface area contributed by atoms with Crippen LogP contribution in [0.5, 0.6) is 0 Å². The summed E-state index contributed by atoms with van der Waals surface area (Å²) < 4.78 is 1.55. The summed E-state index contributed by atoms with van der Waals surface area (Å²) in [6.45, 7) is 1.43. The lowest BCUT2D eigenvalue weighted by Gasteiger charge is -2.10. The average molecular weight is 404 g/mol. The second-order valence-corrected chi connectivity index (χ2v) is 6.23. The van der Waals surface area contributed by atoms with Crippen molar-refractivity contribution in [2.75, 3.05) is 5.32 Å². The van der Waals surface area contributed by atoms with Gasteiger partial charge in [-0.15, -0.1) is 0 Å². The van der Waals surface area contributed by atoms with Gasteiger partial charge in [0.2, 0.25) is 5.91 Å². The summed E-state index contributed by atoms with van der Waals surface area (Å²) >= 11 is 3.31. The summed E-state index contributed by atoms with van der Waals surface area (Å²) in [5.41, 5.74) is 2.48. The van der Waals surface area contributed by atoms with Gasteiger partial charge in [0.05, 0.1) is 39.1 Å². The number of carbonyl (C=O) groups is 2. The van der Waals surface area contributed by atoms with E-state index in [0.29, 0.717) is 18.0 Å². The van der Waals surface area contributed by atoms with Crippen molar-refractivity contribution in [3.63, 3.8) is 0 Å². The molecule has 0 unspecified atom stereocenters. The lowest BCUT2D eigenvalue weighted by molar-refractivity contribution is -0.114. The van der Waals surface area contributed by atoms with Crippen molar-refractivity contribution in [3.8, 4) is 10.6 Å². The van der Waals surface area contributed by atoms with Crippen LogP contribution in [0, 0.1) is 0 Å². The van der Waals surface area contributed by atoms with Crippen molar-refractivity contribution in [3.05, 3.63) is 17.0 Å². The third-order valence-electron chi connectivity index (χ3n) is 2.95. The van der Waals surface area contributed by atoms with Crippen molar-refractivity contribution in [2.24, 2.45) is 0 Å². The lowest BCUT2D eigenvalue weighted by Crippen LogP contribution is -2.07. The Kier molecular flexibility index (Phi) is 3.24. The van der Waals surface area contributed by atoms with Crippen molar-refractivity contribution >= 4 is 51.2 Å². The summed E-state index contributed by atoms with van der Waals surface area (Å²) in [5, 5.41) is 16.4. The molecule has 20 heavy (non-hydrogen) atoms. The molecule has 0 aromatic carbocycles. The summed E-state index contributed by atoms with van der Waals surface area (Å²) in [6.07, 6.45) is 1.25. The van der Waals surface area contributed by atoms with Crippen LogP contribution in [0.3, 0.4) is 0 Å². The second kappa shape index (κ2) is 4.81. The number of carboxylic acids is 1. The average Bonchev–Trinajstić information content (AvgIpc) is 2.88. The molecule has 2 aromatic rings. The van der Waals surface area contributed by atoms with Crippen LogP contribution in [0.25, 0.3) is 10.6 Å². The third kappa shape index (κ3) is 2.10. The number of thiazole rings is 1. The molecule has 7 nitrogen and oxygen atoms in total. The molecular weight excluding hydrogens is 395 g/mol. The number of nitrogens with one attached hydrogen (secondary N) is 1. The SMILES string of the molecule is CC(=O)Nc1nc2c(s1)-c1c(c(C(=O)O)nn1I)CC2. The molecule has 9 heteroatoms. The van der Waals surface area contributed by atoms with Crippen LogP contribution in [0.4, 0.5) is 5.13 Å². The summed E-state index contributed by atoms with van der Waals surface area (Å²) in [5.74, 6) is -1.20. The second-order valence-electron chi connectivity index (χ2n) is 4.32. The Hall–Kier alpha value is -1.49. The molecule has 2 heterocycles. The highest BCUT2D eigenvalue weighted by Crippen LogP contribution is 2.41. The Morgan fingerprint density at radius 3 is 2.85 bits per heavy atom. The van der Waals surface area contributed by atoms with Gasteiger partial charge in [-0.25, -0.2) is 12.7 Å². The maximum atomic E-state index is 11.2. The molecule has 104 valence electrons. The first kappa shape index (κ1) is 13.5. The normalized spacial score (nSPS) is 12.7. The summed E-state index contributed by atoms with van der Waals surface area (Å²) in [6, 6.07) is 0. The fourth-order valence-corrected chi connectivity index (χ4v) is 4.23. The topological polar surface area (TPSA) is 97.1 Å². The molecule has 0 spiro atoms. The number of carbonyl (C=O) groups excluding carboxylic acids is 1. The van der Waals surface area contributed by atoms with Crippen LogP contribution in [0.15, 0.2) is 0 Å². The van der Waals surface area contributed by atoms with Gasteiger partial charge in [-0.05, 0) is 12.8 Å². The van der Waals surface area contributed by atoms with Crippen LogP contribution in [-0.2, 0) is 17.6 Å².